The minimum atomic E-state index is -3.87. The first kappa shape index (κ1) is 21.2. The van der Waals surface area contributed by atoms with E-state index in [0.717, 1.165) is 11.1 Å². The Bertz CT molecular complexity index is 1080. The number of nitrogens with one attached hydrogen (secondary N) is 2. The van der Waals surface area contributed by atoms with Gasteiger partial charge in [-0.25, -0.2) is 8.42 Å². The number of hydrogen-bond donors (Lipinski definition) is 2. The van der Waals surface area contributed by atoms with Crippen LogP contribution >= 0.6 is 15.9 Å². The van der Waals surface area contributed by atoms with Crippen LogP contribution in [0.15, 0.2) is 88.2 Å². The molecule has 3 aromatic rings. The second-order valence-corrected chi connectivity index (χ2v) is 9.21. The molecule has 0 saturated heterocycles. The summed E-state index contributed by atoms with van der Waals surface area (Å²) in [5.41, 5.74) is 2.38. The van der Waals surface area contributed by atoms with Gasteiger partial charge in [-0.15, -0.1) is 0 Å². The first-order valence-electron chi connectivity index (χ1n) is 9.03. The predicted molar refractivity (Wildman–Crippen MR) is 118 cm³/mol. The summed E-state index contributed by atoms with van der Waals surface area (Å²) in [7, 11) is -3.87. The van der Waals surface area contributed by atoms with E-state index in [1.54, 1.807) is 30.3 Å². The van der Waals surface area contributed by atoms with Crippen LogP contribution in [0.4, 0.5) is 5.69 Å². The summed E-state index contributed by atoms with van der Waals surface area (Å²) in [6.07, 6.45) is 0.224. The van der Waals surface area contributed by atoms with Crippen LogP contribution in [0, 0.1) is 6.92 Å². The van der Waals surface area contributed by atoms with Gasteiger partial charge in [0.25, 0.3) is 0 Å². The van der Waals surface area contributed by atoms with Gasteiger partial charge in [-0.2, -0.15) is 4.72 Å². The second-order valence-electron chi connectivity index (χ2n) is 6.65. The van der Waals surface area contributed by atoms with E-state index in [4.69, 9.17) is 0 Å². The lowest BCUT2D eigenvalue weighted by Gasteiger charge is -2.19. The summed E-state index contributed by atoms with van der Waals surface area (Å²) in [4.78, 5) is 13.1. The number of amides is 1. The molecule has 0 aliphatic carbocycles. The lowest BCUT2D eigenvalue weighted by molar-refractivity contribution is -0.117. The van der Waals surface area contributed by atoms with Gasteiger partial charge in [0.15, 0.2) is 0 Å². The van der Waals surface area contributed by atoms with Crippen LogP contribution in [0.5, 0.6) is 0 Å². The molecular formula is C22H21BrN2O3S. The van der Waals surface area contributed by atoms with Gasteiger partial charge in [-0.1, -0.05) is 60.2 Å². The molecule has 0 fully saturated rings. The lowest BCUT2D eigenvalue weighted by Crippen LogP contribution is -2.45. The van der Waals surface area contributed by atoms with Gasteiger partial charge in [-0.3, -0.25) is 4.79 Å². The average Bonchev–Trinajstić information content (AvgIpc) is 2.70. The molecule has 2 N–H and O–H groups in total. The lowest BCUT2D eigenvalue weighted by atomic mass is 10.1. The molecular weight excluding hydrogens is 452 g/mol. The van der Waals surface area contributed by atoms with Crippen molar-refractivity contribution in [3.8, 4) is 0 Å². The molecule has 0 spiro atoms. The molecule has 1 atom stereocenters. The number of carbonyl (C=O) groups is 1. The minimum absolute atomic E-state index is 0.120. The summed E-state index contributed by atoms with van der Waals surface area (Å²) in [5.74, 6) is -0.434. The highest BCUT2D eigenvalue weighted by Gasteiger charge is 2.26. The SMILES string of the molecule is Cc1ccc(S(=O)(=O)NC(Cc2ccccc2)C(=O)Nc2ccccc2Br)cc1. The van der Waals surface area contributed by atoms with Gasteiger partial charge in [0.05, 0.1) is 10.6 Å². The summed E-state index contributed by atoms with van der Waals surface area (Å²) >= 11 is 3.39. The van der Waals surface area contributed by atoms with Gasteiger partial charge in [0.2, 0.25) is 15.9 Å². The maximum atomic E-state index is 13.0. The van der Waals surface area contributed by atoms with Crippen molar-refractivity contribution in [3.05, 3.63) is 94.5 Å². The normalized spacial score (nSPS) is 12.3. The summed E-state index contributed by atoms with van der Waals surface area (Å²) in [5, 5.41) is 2.80. The monoisotopic (exact) mass is 472 g/mol. The maximum absolute atomic E-state index is 13.0. The zero-order valence-corrected chi connectivity index (χ0v) is 18.2. The van der Waals surface area contributed by atoms with Gasteiger partial charge in [0, 0.05) is 4.47 Å². The number of rotatable bonds is 7. The predicted octanol–water partition coefficient (Wildman–Crippen LogP) is 4.29. The number of sulfonamides is 1. The summed E-state index contributed by atoms with van der Waals surface area (Å²) in [6.45, 7) is 1.88. The Kier molecular flexibility index (Phi) is 6.84. The highest BCUT2D eigenvalue weighted by Crippen LogP contribution is 2.22. The van der Waals surface area contributed by atoms with Crippen molar-refractivity contribution < 1.29 is 13.2 Å². The van der Waals surface area contributed by atoms with E-state index < -0.39 is 22.0 Å². The Labute approximate surface area is 179 Å². The van der Waals surface area contributed by atoms with Crippen LogP contribution in [0.25, 0.3) is 0 Å². The Balaban J connectivity index is 1.87. The zero-order chi connectivity index (χ0) is 20.9. The third-order valence-electron chi connectivity index (χ3n) is 4.36. The molecule has 0 radical (unpaired) electrons. The number of carbonyl (C=O) groups excluding carboxylic acids is 1. The van der Waals surface area contributed by atoms with Crippen molar-refractivity contribution in [2.24, 2.45) is 0 Å². The number of anilines is 1. The Morgan fingerprint density at radius 1 is 0.931 bits per heavy atom. The van der Waals surface area contributed by atoms with E-state index in [-0.39, 0.29) is 11.3 Å². The molecule has 0 bridgehead atoms. The van der Waals surface area contributed by atoms with Crippen molar-refractivity contribution in [3.63, 3.8) is 0 Å². The van der Waals surface area contributed by atoms with Crippen molar-refractivity contribution in [1.82, 2.24) is 4.72 Å². The van der Waals surface area contributed by atoms with Crippen LogP contribution in [0.1, 0.15) is 11.1 Å². The molecule has 3 rings (SSSR count). The molecule has 3 aromatic carbocycles. The molecule has 0 heterocycles. The quantitative estimate of drug-likeness (QED) is 0.538. The topological polar surface area (TPSA) is 75.3 Å². The van der Waals surface area contributed by atoms with E-state index in [2.05, 4.69) is 26.0 Å². The standard InChI is InChI=1S/C22H21BrN2O3S/c1-16-11-13-18(14-12-16)29(27,28)25-21(15-17-7-3-2-4-8-17)22(26)24-20-10-6-5-9-19(20)23/h2-14,21,25H,15H2,1H3,(H,24,26). The Morgan fingerprint density at radius 3 is 2.21 bits per heavy atom. The largest absolute Gasteiger partial charge is 0.324 e. The Hall–Kier alpha value is -2.48. The van der Waals surface area contributed by atoms with E-state index in [1.165, 1.54) is 12.1 Å². The molecule has 0 saturated carbocycles. The number of hydrogen-bond acceptors (Lipinski definition) is 3. The molecule has 0 aromatic heterocycles. The molecule has 0 aliphatic heterocycles. The fraction of sp³-hybridized carbons (Fsp3) is 0.136. The highest BCUT2D eigenvalue weighted by atomic mass is 79.9. The number of para-hydroxylation sites is 1. The number of aryl methyl sites for hydroxylation is 1. The molecule has 150 valence electrons. The van der Waals surface area contributed by atoms with Crippen LogP contribution in [-0.4, -0.2) is 20.4 Å². The van der Waals surface area contributed by atoms with Crippen LogP contribution in [-0.2, 0) is 21.2 Å². The van der Waals surface area contributed by atoms with Gasteiger partial charge >= 0.3 is 0 Å². The number of halogens is 1. The van der Waals surface area contributed by atoms with Crippen molar-refractivity contribution in [2.45, 2.75) is 24.3 Å². The molecule has 1 amide bonds. The summed E-state index contributed by atoms with van der Waals surface area (Å²) in [6, 6.07) is 22.0. The first-order valence-corrected chi connectivity index (χ1v) is 11.3. The van der Waals surface area contributed by atoms with E-state index in [0.29, 0.717) is 10.2 Å². The zero-order valence-electron chi connectivity index (χ0n) is 15.8. The average molecular weight is 473 g/mol. The second kappa shape index (κ2) is 9.35. The Morgan fingerprint density at radius 2 is 1.55 bits per heavy atom. The molecule has 29 heavy (non-hydrogen) atoms. The van der Waals surface area contributed by atoms with Gasteiger partial charge < -0.3 is 5.32 Å². The summed E-state index contributed by atoms with van der Waals surface area (Å²) < 4.78 is 29.0. The van der Waals surface area contributed by atoms with Crippen LogP contribution in [0.2, 0.25) is 0 Å². The third kappa shape index (κ3) is 5.76. The fourth-order valence-corrected chi connectivity index (χ4v) is 4.37. The first-order chi connectivity index (χ1) is 13.8. The van der Waals surface area contributed by atoms with Gasteiger partial charge in [-0.05, 0) is 59.1 Å². The van der Waals surface area contributed by atoms with Crippen LogP contribution < -0.4 is 10.0 Å². The third-order valence-corrected chi connectivity index (χ3v) is 6.54. The minimum Gasteiger partial charge on any atom is -0.324 e. The molecule has 5 nitrogen and oxygen atoms in total. The molecule has 1 unspecified atom stereocenters. The van der Waals surface area contributed by atoms with Crippen LogP contribution in [0.3, 0.4) is 0 Å². The highest BCUT2D eigenvalue weighted by molar-refractivity contribution is 9.10. The van der Waals surface area contributed by atoms with E-state index in [9.17, 15) is 13.2 Å². The smallest absolute Gasteiger partial charge is 0.242 e. The maximum Gasteiger partial charge on any atom is 0.242 e. The fourth-order valence-electron chi connectivity index (χ4n) is 2.79. The van der Waals surface area contributed by atoms with E-state index >= 15 is 0 Å². The van der Waals surface area contributed by atoms with Crippen molar-refractivity contribution in [1.29, 1.82) is 0 Å². The van der Waals surface area contributed by atoms with Crippen molar-refractivity contribution in [2.75, 3.05) is 5.32 Å². The number of benzene rings is 3. The van der Waals surface area contributed by atoms with Crippen molar-refractivity contribution >= 4 is 37.5 Å². The van der Waals surface area contributed by atoms with Gasteiger partial charge in [0.1, 0.15) is 6.04 Å². The molecule has 0 aliphatic rings. The molecule has 7 heteroatoms. The van der Waals surface area contributed by atoms with E-state index in [1.807, 2.05) is 43.3 Å².